The predicted octanol–water partition coefficient (Wildman–Crippen LogP) is 4.89. The lowest BCUT2D eigenvalue weighted by Gasteiger charge is -2.18. The van der Waals surface area contributed by atoms with Gasteiger partial charge in [-0.2, -0.15) is 0 Å². The van der Waals surface area contributed by atoms with Gasteiger partial charge in [-0.1, -0.05) is 60.7 Å². The van der Waals surface area contributed by atoms with Crippen molar-refractivity contribution in [1.29, 1.82) is 0 Å². The number of carbonyl (C=O) groups excluding carboxylic acids is 2. The lowest BCUT2D eigenvalue weighted by Crippen LogP contribution is -2.35. The number of methoxy groups -OCH3 is 1. The van der Waals surface area contributed by atoms with Gasteiger partial charge >= 0.3 is 19.0 Å². The van der Waals surface area contributed by atoms with Crippen molar-refractivity contribution in [1.82, 2.24) is 0 Å². The fraction of sp³-hybridized carbons (Fsp3) is 0.130. The van der Waals surface area contributed by atoms with Crippen molar-refractivity contribution in [2.45, 2.75) is 5.92 Å². The average Bonchev–Trinajstić information content (AvgIpc) is 3.10. The van der Waals surface area contributed by atoms with E-state index in [1.165, 1.54) is 0 Å². The zero-order chi connectivity index (χ0) is 22.9. The van der Waals surface area contributed by atoms with Gasteiger partial charge in [0.2, 0.25) is 0 Å². The third-order valence-electron chi connectivity index (χ3n) is 5.34. The summed E-state index contributed by atoms with van der Waals surface area (Å²) in [5, 5.41) is 2.29. The van der Waals surface area contributed by atoms with Gasteiger partial charge in [0.15, 0.2) is 0 Å². The summed E-state index contributed by atoms with van der Waals surface area (Å²) in [5.74, 6) is -1.13. The van der Waals surface area contributed by atoms with E-state index in [2.05, 4.69) is 10.1 Å². The molecule has 1 aliphatic carbocycles. The Balaban J connectivity index is 1.52. The SMILES string of the molecule is COC(=O)c1cc(NC(=O)OCC2c3ccccc3-c3ccccc32)cc([B-](F)(F)F)c1. The van der Waals surface area contributed by atoms with Crippen LogP contribution in [0, 0.1) is 0 Å². The zero-order valence-electron chi connectivity index (χ0n) is 17.0. The van der Waals surface area contributed by atoms with Crippen molar-refractivity contribution >= 4 is 30.2 Å². The molecule has 0 atom stereocenters. The molecule has 1 N–H and O–H groups in total. The molecule has 1 amide bonds. The molecule has 0 aliphatic heterocycles. The molecule has 0 radical (unpaired) electrons. The Morgan fingerprint density at radius 3 is 2.09 bits per heavy atom. The van der Waals surface area contributed by atoms with Gasteiger partial charge in [-0.25, -0.2) is 9.59 Å². The Labute approximate surface area is 182 Å². The molecule has 5 nitrogen and oxygen atoms in total. The molecule has 3 aromatic carbocycles. The maximum Gasteiger partial charge on any atom is 0.509 e. The number of benzene rings is 3. The van der Waals surface area contributed by atoms with E-state index < -0.39 is 24.5 Å². The number of anilines is 1. The first-order chi connectivity index (χ1) is 15.3. The van der Waals surface area contributed by atoms with E-state index in [1.54, 1.807) is 0 Å². The molecular weight excluding hydrogens is 422 g/mol. The number of nitrogens with one attached hydrogen (secondary N) is 1. The maximum atomic E-state index is 13.3. The summed E-state index contributed by atoms with van der Waals surface area (Å²) in [5.41, 5.74) is 2.58. The van der Waals surface area contributed by atoms with Gasteiger partial charge in [0.25, 0.3) is 0 Å². The van der Waals surface area contributed by atoms with Crippen LogP contribution in [0.2, 0.25) is 0 Å². The molecule has 164 valence electrons. The highest BCUT2D eigenvalue weighted by Gasteiger charge is 2.30. The van der Waals surface area contributed by atoms with Crippen molar-refractivity contribution in [2.24, 2.45) is 0 Å². The number of hydrogen-bond acceptors (Lipinski definition) is 4. The fourth-order valence-electron chi connectivity index (χ4n) is 3.90. The Kier molecular flexibility index (Phi) is 5.65. The normalized spacial score (nSPS) is 12.6. The number of rotatable bonds is 5. The second-order valence-corrected chi connectivity index (χ2v) is 7.36. The second-order valence-electron chi connectivity index (χ2n) is 7.36. The number of hydrogen-bond donors (Lipinski definition) is 1. The van der Waals surface area contributed by atoms with Crippen LogP contribution in [0.1, 0.15) is 27.4 Å². The topological polar surface area (TPSA) is 64.6 Å². The standard InChI is InChI=1S/C23H18BF3NO4/c1-31-22(29)14-10-15(24(25,26)27)12-16(11-14)28-23(30)32-13-21-19-8-4-2-6-17(19)18-7-3-5-9-20(18)21/h2-12,21H,13H2,1H3,(H,28,30)/q-1. The molecule has 0 fully saturated rings. The van der Waals surface area contributed by atoms with Crippen molar-refractivity contribution in [2.75, 3.05) is 19.0 Å². The minimum Gasteiger partial charge on any atom is -0.465 e. The van der Waals surface area contributed by atoms with Crippen LogP contribution in [-0.2, 0) is 9.47 Å². The van der Waals surface area contributed by atoms with Crippen LogP contribution in [-0.4, -0.2) is 32.8 Å². The number of halogens is 3. The number of carbonyl (C=O) groups is 2. The van der Waals surface area contributed by atoms with E-state index in [0.717, 1.165) is 41.5 Å². The highest BCUT2D eigenvalue weighted by Crippen LogP contribution is 2.44. The van der Waals surface area contributed by atoms with Crippen LogP contribution in [0.4, 0.5) is 23.4 Å². The van der Waals surface area contributed by atoms with E-state index in [4.69, 9.17) is 4.74 Å². The van der Waals surface area contributed by atoms with E-state index >= 15 is 0 Å². The van der Waals surface area contributed by atoms with Crippen molar-refractivity contribution < 1.29 is 32.0 Å². The molecule has 0 unspecified atom stereocenters. The van der Waals surface area contributed by atoms with E-state index in [1.807, 2.05) is 48.5 Å². The summed E-state index contributed by atoms with van der Waals surface area (Å²) in [6.45, 7) is -5.38. The molecular formula is C23H18BF3NO4-. The molecule has 0 spiro atoms. The minimum atomic E-state index is -5.39. The fourth-order valence-corrected chi connectivity index (χ4v) is 3.90. The summed E-state index contributed by atoms with van der Waals surface area (Å²) < 4.78 is 49.6. The van der Waals surface area contributed by atoms with Crippen LogP contribution in [0.15, 0.2) is 66.7 Å². The second kappa shape index (κ2) is 8.41. The van der Waals surface area contributed by atoms with Gasteiger partial charge in [0.1, 0.15) is 6.61 Å². The number of amides is 1. The number of ether oxygens (including phenoxy) is 2. The lowest BCUT2D eigenvalue weighted by molar-refractivity contribution is 0.0600. The zero-order valence-corrected chi connectivity index (χ0v) is 17.0. The first-order valence-electron chi connectivity index (χ1n) is 9.83. The lowest BCUT2D eigenvalue weighted by atomic mass is 9.79. The highest BCUT2D eigenvalue weighted by atomic mass is 19.4. The first kappa shape index (κ1) is 21.5. The van der Waals surface area contributed by atoms with Gasteiger partial charge in [0, 0.05) is 11.6 Å². The van der Waals surface area contributed by atoms with E-state index in [9.17, 15) is 22.5 Å². The van der Waals surface area contributed by atoms with Gasteiger partial charge < -0.3 is 22.4 Å². The molecule has 4 rings (SSSR count). The summed E-state index contributed by atoms with van der Waals surface area (Å²) in [7, 11) is 1.06. The highest BCUT2D eigenvalue weighted by molar-refractivity contribution is 6.73. The largest absolute Gasteiger partial charge is 0.509 e. The van der Waals surface area contributed by atoms with Crippen LogP contribution in [0.25, 0.3) is 11.1 Å². The molecule has 0 saturated heterocycles. The summed E-state index contributed by atoms with van der Waals surface area (Å²) >= 11 is 0. The predicted molar refractivity (Wildman–Crippen MR) is 115 cm³/mol. The average molecular weight is 440 g/mol. The Hall–Kier alpha value is -3.75. The van der Waals surface area contributed by atoms with Gasteiger partial charge in [-0.3, -0.25) is 5.32 Å². The van der Waals surface area contributed by atoms with Crippen molar-refractivity contribution in [3.8, 4) is 11.1 Å². The third kappa shape index (κ3) is 4.19. The molecule has 9 heteroatoms. The quantitative estimate of drug-likeness (QED) is 0.454. The van der Waals surface area contributed by atoms with Crippen LogP contribution >= 0.6 is 0 Å². The maximum absolute atomic E-state index is 13.3. The summed E-state index contributed by atoms with van der Waals surface area (Å²) in [6, 6.07) is 18.1. The number of fused-ring (bicyclic) bond motifs is 3. The third-order valence-corrected chi connectivity index (χ3v) is 5.34. The van der Waals surface area contributed by atoms with Crippen molar-refractivity contribution in [3.05, 3.63) is 83.4 Å². The Bertz CT molecular complexity index is 1150. The molecule has 0 saturated carbocycles. The monoisotopic (exact) mass is 440 g/mol. The molecule has 0 heterocycles. The Morgan fingerprint density at radius 2 is 1.53 bits per heavy atom. The van der Waals surface area contributed by atoms with Gasteiger partial charge in [0.05, 0.1) is 12.7 Å². The van der Waals surface area contributed by atoms with Crippen LogP contribution in [0.3, 0.4) is 0 Å². The van der Waals surface area contributed by atoms with E-state index in [0.29, 0.717) is 6.07 Å². The molecule has 3 aromatic rings. The Morgan fingerprint density at radius 1 is 0.938 bits per heavy atom. The summed E-state index contributed by atoms with van der Waals surface area (Å²) in [4.78, 5) is 24.1. The van der Waals surface area contributed by atoms with Crippen LogP contribution in [0.5, 0.6) is 0 Å². The number of esters is 1. The summed E-state index contributed by atoms with van der Waals surface area (Å²) in [6.07, 6.45) is -0.922. The molecule has 32 heavy (non-hydrogen) atoms. The first-order valence-corrected chi connectivity index (χ1v) is 9.83. The van der Waals surface area contributed by atoms with E-state index in [-0.39, 0.29) is 23.8 Å². The molecule has 0 bridgehead atoms. The molecule has 1 aliphatic rings. The van der Waals surface area contributed by atoms with Crippen molar-refractivity contribution in [3.63, 3.8) is 0 Å². The smallest absolute Gasteiger partial charge is 0.465 e. The minimum absolute atomic E-state index is 0.00657. The van der Waals surface area contributed by atoms with Crippen LogP contribution < -0.4 is 10.8 Å². The van der Waals surface area contributed by atoms with Gasteiger partial charge in [-0.05, 0) is 28.3 Å². The van der Waals surface area contributed by atoms with Gasteiger partial charge in [-0.15, -0.1) is 5.46 Å². The molecule has 0 aromatic heterocycles.